The Labute approximate surface area is 183 Å². The van der Waals surface area contributed by atoms with E-state index in [0.29, 0.717) is 29.1 Å². The summed E-state index contributed by atoms with van der Waals surface area (Å²) in [5.41, 5.74) is 0.992. The number of para-hydroxylation sites is 1. The topological polar surface area (TPSA) is 114 Å². The van der Waals surface area contributed by atoms with Gasteiger partial charge in [0.15, 0.2) is 5.82 Å². The van der Waals surface area contributed by atoms with Gasteiger partial charge in [0.25, 0.3) is 0 Å². The molecule has 10 heteroatoms. The predicted molar refractivity (Wildman–Crippen MR) is 116 cm³/mol. The molecule has 4 rings (SSSR count). The first-order chi connectivity index (χ1) is 15.1. The standard InChI is InChI=1S/C21H23N5O4S/c1-28-14-5-4-6-15(11-14)30-12-19-24-25-21(26(19)22)31-13-20(27)23-17-9-10-29-18-8-3-2-7-16(17)18/h2-8,11,17H,9-10,12-13,22H2,1H3,(H,23,27). The fourth-order valence-electron chi connectivity index (χ4n) is 3.20. The van der Waals surface area contributed by atoms with Gasteiger partial charge in [0.2, 0.25) is 11.1 Å². The van der Waals surface area contributed by atoms with E-state index in [1.54, 1.807) is 13.2 Å². The van der Waals surface area contributed by atoms with Crippen molar-refractivity contribution >= 4 is 17.7 Å². The summed E-state index contributed by atoms with van der Waals surface area (Å²) in [6.45, 7) is 0.713. The monoisotopic (exact) mass is 441 g/mol. The van der Waals surface area contributed by atoms with E-state index >= 15 is 0 Å². The molecule has 1 aliphatic heterocycles. The Morgan fingerprint density at radius 2 is 2.10 bits per heavy atom. The van der Waals surface area contributed by atoms with E-state index in [0.717, 1.165) is 17.7 Å². The quantitative estimate of drug-likeness (QED) is 0.404. The van der Waals surface area contributed by atoms with Crippen LogP contribution in [-0.4, -0.2) is 40.3 Å². The van der Waals surface area contributed by atoms with Crippen LogP contribution in [0.4, 0.5) is 0 Å². The number of amides is 1. The van der Waals surface area contributed by atoms with Gasteiger partial charge in [-0.2, -0.15) is 0 Å². The number of nitrogens with zero attached hydrogens (tertiary/aromatic N) is 3. The molecule has 9 nitrogen and oxygen atoms in total. The summed E-state index contributed by atoms with van der Waals surface area (Å²) in [5, 5.41) is 11.6. The lowest BCUT2D eigenvalue weighted by molar-refractivity contribution is -0.119. The molecule has 3 aromatic rings. The minimum atomic E-state index is -0.108. The van der Waals surface area contributed by atoms with Crippen molar-refractivity contribution in [3.8, 4) is 17.2 Å². The second-order valence-electron chi connectivity index (χ2n) is 6.82. The van der Waals surface area contributed by atoms with Crippen molar-refractivity contribution in [2.24, 2.45) is 0 Å². The van der Waals surface area contributed by atoms with E-state index < -0.39 is 0 Å². The zero-order valence-corrected chi connectivity index (χ0v) is 17.8. The molecule has 0 saturated carbocycles. The van der Waals surface area contributed by atoms with Crippen LogP contribution in [0.2, 0.25) is 0 Å². The van der Waals surface area contributed by atoms with Crippen LogP contribution in [0, 0.1) is 0 Å². The SMILES string of the molecule is COc1cccc(OCc2nnc(SCC(=O)NC3CCOc4ccccc43)n2N)c1. The molecule has 1 aliphatic rings. The Morgan fingerprint density at radius 3 is 2.97 bits per heavy atom. The molecule has 3 N–H and O–H groups in total. The van der Waals surface area contributed by atoms with Gasteiger partial charge in [0.1, 0.15) is 23.9 Å². The molecule has 162 valence electrons. The first kappa shape index (κ1) is 20.9. The van der Waals surface area contributed by atoms with Crippen molar-refractivity contribution in [1.29, 1.82) is 0 Å². The van der Waals surface area contributed by atoms with Gasteiger partial charge < -0.3 is 25.4 Å². The number of thioether (sulfide) groups is 1. The molecule has 31 heavy (non-hydrogen) atoms. The number of nitrogen functional groups attached to an aromatic ring is 1. The molecular weight excluding hydrogens is 418 g/mol. The smallest absolute Gasteiger partial charge is 0.230 e. The second kappa shape index (κ2) is 9.61. The van der Waals surface area contributed by atoms with Crippen molar-refractivity contribution in [3.63, 3.8) is 0 Å². The number of fused-ring (bicyclic) bond motifs is 1. The van der Waals surface area contributed by atoms with E-state index in [4.69, 9.17) is 20.1 Å². The van der Waals surface area contributed by atoms with Gasteiger partial charge in [-0.25, -0.2) is 4.68 Å². The highest BCUT2D eigenvalue weighted by molar-refractivity contribution is 7.99. The first-order valence-electron chi connectivity index (χ1n) is 9.74. The van der Waals surface area contributed by atoms with Crippen LogP contribution < -0.4 is 25.4 Å². The van der Waals surface area contributed by atoms with Crippen molar-refractivity contribution in [1.82, 2.24) is 20.2 Å². The minimum Gasteiger partial charge on any atom is -0.497 e. The molecule has 1 amide bonds. The maximum atomic E-state index is 12.5. The lowest BCUT2D eigenvalue weighted by Crippen LogP contribution is -2.33. The van der Waals surface area contributed by atoms with E-state index in [1.807, 2.05) is 42.5 Å². The van der Waals surface area contributed by atoms with Crippen LogP contribution in [0.15, 0.2) is 53.7 Å². The number of hydrogen-bond donors (Lipinski definition) is 2. The van der Waals surface area contributed by atoms with Gasteiger partial charge in [0, 0.05) is 18.1 Å². The molecule has 1 unspecified atom stereocenters. The average Bonchev–Trinajstić information content (AvgIpc) is 3.16. The molecule has 0 saturated heterocycles. The molecule has 1 atom stereocenters. The molecule has 0 bridgehead atoms. The number of carbonyl (C=O) groups is 1. The molecule has 2 aromatic carbocycles. The van der Waals surface area contributed by atoms with Crippen LogP contribution in [0.3, 0.4) is 0 Å². The molecule has 2 heterocycles. The molecule has 0 spiro atoms. The third-order valence-corrected chi connectivity index (χ3v) is 5.71. The molecule has 0 fully saturated rings. The third kappa shape index (κ3) is 5.02. The number of ether oxygens (including phenoxy) is 3. The molecule has 1 aromatic heterocycles. The summed E-state index contributed by atoms with van der Waals surface area (Å²) >= 11 is 1.22. The summed E-state index contributed by atoms with van der Waals surface area (Å²) in [7, 11) is 1.59. The Balaban J connectivity index is 1.30. The van der Waals surface area contributed by atoms with Crippen LogP contribution in [0.5, 0.6) is 17.2 Å². The Morgan fingerprint density at radius 1 is 1.26 bits per heavy atom. The first-order valence-corrected chi connectivity index (χ1v) is 10.7. The summed E-state index contributed by atoms with van der Waals surface area (Å²) < 4.78 is 17.9. The lowest BCUT2D eigenvalue weighted by Gasteiger charge is -2.26. The van der Waals surface area contributed by atoms with Crippen molar-refractivity contribution in [2.45, 2.75) is 24.2 Å². The number of rotatable bonds is 8. The molecule has 0 aliphatic carbocycles. The van der Waals surface area contributed by atoms with Crippen LogP contribution in [0.25, 0.3) is 0 Å². The maximum Gasteiger partial charge on any atom is 0.230 e. The summed E-state index contributed by atoms with van der Waals surface area (Å²) in [4.78, 5) is 12.5. The average molecular weight is 442 g/mol. The van der Waals surface area contributed by atoms with Gasteiger partial charge >= 0.3 is 0 Å². The zero-order valence-electron chi connectivity index (χ0n) is 17.0. The summed E-state index contributed by atoms with van der Waals surface area (Å²) in [6, 6.07) is 14.9. The predicted octanol–water partition coefficient (Wildman–Crippen LogP) is 2.31. The van der Waals surface area contributed by atoms with Gasteiger partial charge in [-0.05, 0) is 18.2 Å². The Hall–Kier alpha value is -3.40. The van der Waals surface area contributed by atoms with Crippen LogP contribution in [0.1, 0.15) is 23.9 Å². The van der Waals surface area contributed by atoms with E-state index in [-0.39, 0.29) is 24.3 Å². The zero-order chi connectivity index (χ0) is 21.6. The van der Waals surface area contributed by atoms with Crippen molar-refractivity contribution < 1.29 is 19.0 Å². The van der Waals surface area contributed by atoms with E-state index in [9.17, 15) is 4.79 Å². The fourth-order valence-corrected chi connectivity index (χ4v) is 3.89. The highest BCUT2D eigenvalue weighted by Crippen LogP contribution is 2.31. The number of nitrogens with one attached hydrogen (secondary N) is 1. The third-order valence-electron chi connectivity index (χ3n) is 4.77. The molecule has 0 radical (unpaired) electrons. The van der Waals surface area contributed by atoms with Gasteiger partial charge in [-0.3, -0.25) is 4.79 Å². The van der Waals surface area contributed by atoms with Gasteiger partial charge in [0.05, 0.1) is 25.5 Å². The highest BCUT2D eigenvalue weighted by atomic mass is 32.2. The normalized spacial score (nSPS) is 14.9. The highest BCUT2D eigenvalue weighted by Gasteiger charge is 2.23. The van der Waals surface area contributed by atoms with Gasteiger partial charge in [-0.15, -0.1) is 10.2 Å². The fraction of sp³-hybridized carbons (Fsp3) is 0.286. The number of aromatic nitrogens is 3. The molecular formula is C21H23N5O4S. The number of nitrogens with two attached hydrogens (primary N) is 1. The summed E-state index contributed by atoms with van der Waals surface area (Å²) in [5.74, 6) is 8.73. The number of methoxy groups -OCH3 is 1. The van der Waals surface area contributed by atoms with Gasteiger partial charge in [-0.1, -0.05) is 36.0 Å². The van der Waals surface area contributed by atoms with E-state index in [2.05, 4.69) is 15.5 Å². The lowest BCUT2D eigenvalue weighted by atomic mass is 10.0. The maximum absolute atomic E-state index is 12.5. The minimum absolute atomic E-state index is 0.0689. The number of benzene rings is 2. The van der Waals surface area contributed by atoms with E-state index in [1.165, 1.54) is 16.4 Å². The Bertz CT molecular complexity index is 1060. The largest absolute Gasteiger partial charge is 0.497 e. The number of hydrogen-bond acceptors (Lipinski definition) is 8. The van der Waals surface area contributed by atoms with Crippen LogP contribution in [-0.2, 0) is 11.4 Å². The number of carbonyl (C=O) groups excluding carboxylic acids is 1. The summed E-state index contributed by atoms with van der Waals surface area (Å²) in [6.07, 6.45) is 0.728. The van der Waals surface area contributed by atoms with Crippen LogP contribution >= 0.6 is 11.8 Å². The van der Waals surface area contributed by atoms with Crippen molar-refractivity contribution in [3.05, 3.63) is 59.9 Å². The Kier molecular flexibility index (Phi) is 6.46. The van der Waals surface area contributed by atoms with Crippen molar-refractivity contribution in [2.75, 3.05) is 25.3 Å². The second-order valence-corrected chi connectivity index (χ2v) is 7.76.